The quantitative estimate of drug-likeness (QED) is 0.598. The number of nitrogens with zero attached hydrogens (tertiary/aromatic N) is 1. The lowest BCUT2D eigenvalue weighted by Gasteiger charge is -2.43. The Kier molecular flexibility index (Phi) is 5.51. The number of fused-ring (bicyclic) bond motifs is 2. The molecule has 29 heavy (non-hydrogen) atoms. The molecule has 1 aromatic rings. The summed E-state index contributed by atoms with van der Waals surface area (Å²) in [6.45, 7) is 10.6. The molecule has 2 saturated carbocycles. The molecule has 4 fully saturated rings. The van der Waals surface area contributed by atoms with Crippen LogP contribution < -0.4 is 0 Å². The van der Waals surface area contributed by atoms with Crippen LogP contribution in [0.15, 0.2) is 30.3 Å². The first-order chi connectivity index (χ1) is 14.0. The van der Waals surface area contributed by atoms with Crippen LogP contribution >= 0.6 is 0 Å². The maximum atomic E-state index is 6.55. The summed E-state index contributed by atoms with van der Waals surface area (Å²) in [5.74, 6) is 2.63. The van der Waals surface area contributed by atoms with Gasteiger partial charge in [0.1, 0.15) is 19.2 Å². The third kappa shape index (κ3) is 4.03. The fraction of sp³-hybridized carbons (Fsp3) is 0.769. The summed E-state index contributed by atoms with van der Waals surface area (Å²) in [7, 11) is 0. The number of likely N-dealkylation sites (tertiary alicyclic amines) is 1. The van der Waals surface area contributed by atoms with E-state index in [2.05, 4.69) is 44.2 Å². The number of quaternary nitrogens is 1. The van der Waals surface area contributed by atoms with Gasteiger partial charge in [-0.1, -0.05) is 44.2 Å². The van der Waals surface area contributed by atoms with Crippen molar-refractivity contribution in [3.05, 3.63) is 35.9 Å². The van der Waals surface area contributed by atoms with E-state index in [1.165, 1.54) is 61.7 Å². The topological polar surface area (TPSA) is 18.5 Å². The van der Waals surface area contributed by atoms with E-state index in [0.717, 1.165) is 43.9 Å². The minimum Gasteiger partial charge on any atom is -0.350 e. The van der Waals surface area contributed by atoms with Crippen molar-refractivity contribution in [2.45, 2.75) is 77.7 Å². The molecule has 3 heteroatoms. The Bertz CT molecular complexity index is 681. The van der Waals surface area contributed by atoms with E-state index in [-0.39, 0.29) is 12.4 Å². The van der Waals surface area contributed by atoms with Crippen LogP contribution in [0.25, 0.3) is 0 Å². The fourth-order valence-electron chi connectivity index (χ4n) is 7.39. The molecule has 0 N–H and O–H groups in total. The van der Waals surface area contributed by atoms with Crippen LogP contribution in [0.1, 0.15) is 64.4 Å². The van der Waals surface area contributed by atoms with Gasteiger partial charge in [0, 0.05) is 12.0 Å². The summed E-state index contributed by atoms with van der Waals surface area (Å²) < 4.78 is 14.0. The molecule has 2 aliphatic heterocycles. The Balaban J connectivity index is 1.21. The average molecular weight is 399 g/mol. The Labute approximate surface area is 177 Å². The van der Waals surface area contributed by atoms with Crippen molar-refractivity contribution < 1.29 is 14.0 Å². The van der Waals surface area contributed by atoms with Gasteiger partial charge in [0.15, 0.2) is 6.29 Å². The number of ether oxygens (including phenoxy) is 2. The van der Waals surface area contributed by atoms with Crippen LogP contribution in [0.4, 0.5) is 0 Å². The largest absolute Gasteiger partial charge is 0.350 e. The zero-order valence-corrected chi connectivity index (χ0v) is 18.5. The van der Waals surface area contributed by atoms with Crippen molar-refractivity contribution >= 4 is 0 Å². The van der Waals surface area contributed by atoms with E-state index < -0.39 is 0 Å². The van der Waals surface area contributed by atoms with Gasteiger partial charge in [-0.3, -0.25) is 0 Å². The smallest absolute Gasteiger partial charge is 0.158 e. The third-order valence-electron chi connectivity index (χ3n) is 9.03. The summed E-state index contributed by atoms with van der Waals surface area (Å²) in [6, 6.07) is 11.1. The highest BCUT2D eigenvalue weighted by Crippen LogP contribution is 2.60. The molecule has 0 aromatic heterocycles. The van der Waals surface area contributed by atoms with E-state index in [9.17, 15) is 0 Å². The van der Waals surface area contributed by atoms with Crippen LogP contribution in [-0.4, -0.2) is 43.1 Å². The lowest BCUT2D eigenvalue weighted by Crippen LogP contribution is -2.54. The van der Waals surface area contributed by atoms with E-state index in [1.807, 2.05) is 0 Å². The summed E-state index contributed by atoms with van der Waals surface area (Å²) in [5.41, 5.74) is 1.94. The highest BCUT2D eigenvalue weighted by Gasteiger charge is 2.53. The number of hydrogen-bond donors (Lipinski definition) is 0. The fourth-order valence-corrected chi connectivity index (χ4v) is 7.39. The first kappa shape index (κ1) is 20.0. The van der Waals surface area contributed by atoms with Crippen molar-refractivity contribution in [1.82, 2.24) is 0 Å². The zero-order chi connectivity index (χ0) is 19.9. The van der Waals surface area contributed by atoms with Crippen molar-refractivity contribution in [2.24, 2.45) is 23.2 Å². The van der Waals surface area contributed by atoms with Crippen LogP contribution in [-0.2, 0) is 16.0 Å². The van der Waals surface area contributed by atoms with Gasteiger partial charge in [0.05, 0.1) is 19.7 Å². The van der Waals surface area contributed by atoms with Crippen LogP contribution in [0.5, 0.6) is 0 Å². The number of benzene rings is 1. The maximum absolute atomic E-state index is 6.55. The molecule has 5 atom stereocenters. The molecule has 0 unspecified atom stereocenters. The first-order valence-corrected chi connectivity index (χ1v) is 12.2. The van der Waals surface area contributed by atoms with Crippen molar-refractivity contribution in [3.63, 3.8) is 0 Å². The monoisotopic (exact) mass is 398 g/mol. The van der Waals surface area contributed by atoms with Gasteiger partial charge >= 0.3 is 0 Å². The summed E-state index contributed by atoms with van der Waals surface area (Å²) in [5, 5.41) is 0. The average Bonchev–Trinajstić information content (AvgIpc) is 3.41. The molecular weight excluding hydrogens is 358 g/mol. The van der Waals surface area contributed by atoms with Crippen LogP contribution in [0.2, 0.25) is 0 Å². The number of rotatable bonds is 6. The van der Waals surface area contributed by atoms with Gasteiger partial charge < -0.3 is 14.0 Å². The Morgan fingerprint density at radius 2 is 1.83 bits per heavy atom. The highest BCUT2D eigenvalue weighted by molar-refractivity contribution is 5.13. The minimum atomic E-state index is 0.0326. The third-order valence-corrected chi connectivity index (χ3v) is 9.03. The Morgan fingerprint density at radius 1 is 1.03 bits per heavy atom. The Morgan fingerprint density at radius 3 is 2.55 bits per heavy atom. The predicted molar refractivity (Wildman–Crippen MR) is 116 cm³/mol. The van der Waals surface area contributed by atoms with Gasteiger partial charge in [0.25, 0.3) is 0 Å². The van der Waals surface area contributed by atoms with Crippen LogP contribution in [0, 0.1) is 23.2 Å². The summed E-state index contributed by atoms with van der Waals surface area (Å²) in [6.07, 6.45) is 9.84. The molecule has 0 radical (unpaired) electrons. The zero-order valence-electron chi connectivity index (χ0n) is 18.5. The van der Waals surface area contributed by atoms with Crippen molar-refractivity contribution in [1.29, 1.82) is 0 Å². The predicted octanol–water partition coefficient (Wildman–Crippen LogP) is 5.39. The lowest BCUT2D eigenvalue weighted by molar-refractivity contribution is -0.947. The molecule has 2 aliphatic carbocycles. The van der Waals surface area contributed by atoms with E-state index in [4.69, 9.17) is 9.47 Å². The first-order valence-electron chi connectivity index (χ1n) is 12.2. The lowest BCUT2D eigenvalue weighted by atomic mass is 9.67. The van der Waals surface area contributed by atoms with E-state index >= 15 is 0 Å². The van der Waals surface area contributed by atoms with Gasteiger partial charge in [0.2, 0.25) is 0 Å². The minimum absolute atomic E-state index is 0.0326. The van der Waals surface area contributed by atoms with Gasteiger partial charge in [-0.05, 0) is 61.7 Å². The standard InChI is InChI=1S/C26H40NO2/c1-26(2)22-12-11-21(15-22)24(26)16-25-28-19-23(29-25)18-27(13-7-4-8-14-27)17-20-9-5-3-6-10-20/h3,5-6,9-10,21-25H,4,7-8,11-19H2,1-2H3/q+1/t21-,22-,23+,24-,25-/m0/s1. The van der Waals surface area contributed by atoms with Gasteiger partial charge in [-0.2, -0.15) is 0 Å². The number of hydrogen-bond acceptors (Lipinski definition) is 2. The maximum Gasteiger partial charge on any atom is 0.158 e. The molecule has 2 saturated heterocycles. The molecule has 3 nitrogen and oxygen atoms in total. The molecule has 5 rings (SSSR count). The second-order valence-corrected chi connectivity index (χ2v) is 11.1. The summed E-state index contributed by atoms with van der Waals surface area (Å²) in [4.78, 5) is 0. The molecular formula is C26H40NO2+. The van der Waals surface area contributed by atoms with E-state index in [1.54, 1.807) is 0 Å². The summed E-state index contributed by atoms with van der Waals surface area (Å²) >= 11 is 0. The Hall–Kier alpha value is -0.900. The van der Waals surface area contributed by atoms with E-state index in [0.29, 0.717) is 5.41 Å². The second kappa shape index (κ2) is 7.98. The molecule has 2 heterocycles. The SMILES string of the molecule is CC1(C)[C@H]2CC[C@@H](C2)[C@@H]1C[C@H]1OC[C@@H](C[N+]2(Cc3ccccc3)CCCCC2)O1. The molecule has 160 valence electrons. The number of piperidine rings is 1. The highest BCUT2D eigenvalue weighted by atomic mass is 16.7. The van der Waals surface area contributed by atoms with Crippen LogP contribution in [0.3, 0.4) is 0 Å². The van der Waals surface area contributed by atoms with Crippen molar-refractivity contribution in [3.8, 4) is 0 Å². The molecule has 1 aromatic carbocycles. The molecule has 4 aliphatic rings. The van der Waals surface area contributed by atoms with Gasteiger partial charge in [-0.15, -0.1) is 0 Å². The molecule has 0 spiro atoms. The second-order valence-electron chi connectivity index (χ2n) is 11.1. The normalized spacial score (nSPS) is 37.8. The van der Waals surface area contributed by atoms with Gasteiger partial charge in [-0.25, -0.2) is 0 Å². The molecule has 2 bridgehead atoms. The van der Waals surface area contributed by atoms with Crippen molar-refractivity contribution in [2.75, 3.05) is 26.2 Å². The molecule has 0 amide bonds.